The maximum absolute atomic E-state index is 4.43. The van der Waals surface area contributed by atoms with Gasteiger partial charge in [0, 0.05) is 23.2 Å². The Morgan fingerprint density at radius 3 is 1.18 bits per heavy atom. The molecule has 2 heteroatoms. The van der Waals surface area contributed by atoms with Crippen molar-refractivity contribution in [3.8, 4) is 0 Å². The van der Waals surface area contributed by atoms with Crippen molar-refractivity contribution in [2.24, 2.45) is 0 Å². The molecule has 280 valence electrons. The van der Waals surface area contributed by atoms with Gasteiger partial charge in [-0.1, -0.05) is 207 Å². The monoisotopic (exact) mass is 738 g/mol. The summed E-state index contributed by atoms with van der Waals surface area (Å²) in [6.07, 6.45) is 1.94. The molecule has 0 spiro atoms. The zero-order chi connectivity index (χ0) is 38.7. The molecule has 2 atom stereocenters. The van der Waals surface area contributed by atoms with Crippen molar-refractivity contribution in [1.82, 2.24) is 0 Å². The molecule has 8 aromatic rings. The first-order valence-electron chi connectivity index (χ1n) is 20.6. The largest absolute Gasteiger partial charge is 0.375 e. The molecular formula is C55H50N2. The second-order valence-corrected chi connectivity index (χ2v) is 15.5. The minimum atomic E-state index is -0.0553. The maximum atomic E-state index is 4.43. The molecular weight excluding hydrogens is 689 g/mol. The Hall–Kier alpha value is -6.38. The van der Waals surface area contributed by atoms with Crippen molar-refractivity contribution in [1.29, 1.82) is 0 Å². The van der Waals surface area contributed by atoms with Gasteiger partial charge in [0.05, 0.1) is 12.1 Å². The summed E-state index contributed by atoms with van der Waals surface area (Å²) in [5.41, 5.74) is 16.7. The number of aryl methyl sites for hydroxylation is 3. The first-order chi connectivity index (χ1) is 28.1. The average molecular weight is 739 g/mol. The predicted molar refractivity (Wildman–Crippen MR) is 241 cm³/mol. The number of hydrogen-bond donors (Lipinski definition) is 2. The van der Waals surface area contributed by atoms with Crippen LogP contribution in [0, 0.1) is 6.92 Å². The van der Waals surface area contributed by atoms with E-state index >= 15 is 0 Å². The summed E-state index contributed by atoms with van der Waals surface area (Å²) in [4.78, 5) is 0. The highest BCUT2D eigenvalue weighted by Crippen LogP contribution is 2.51. The van der Waals surface area contributed by atoms with Crippen molar-refractivity contribution in [2.75, 3.05) is 10.6 Å². The molecule has 0 saturated carbocycles. The van der Waals surface area contributed by atoms with Crippen LogP contribution in [0.1, 0.15) is 99.0 Å². The van der Waals surface area contributed by atoms with Crippen molar-refractivity contribution >= 4 is 22.1 Å². The molecule has 0 heterocycles. The molecule has 0 radical (unpaired) electrons. The van der Waals surface area contributed by atoms with Crippen LogP contribution in [0.2, 0.25) is 0 Å². The summed E-state index contributed by atoms with van der Waals surface area (Å²) < 4.78 is 0. The van der Waals surface area contributed by atoms with E-state index in [1.54, 1.807) is 0 Å². The number of para-hydroxylation sites is 1. The summed E-state index contributed by atoms with van der Waals surface area (Å²) in [6.45, 7) is 6.80. The number of benzene rings is 8. The SMILES string of the molecule is CCc1cccc(CC)c1NC1c2cccc3cccc(c23)C1Nc1c(C(c2ccccc2)c2ccccc2)cc(C)cc1C(c1ccccc1)c1ccccc1. The first kappa shape index (κ1) is 36.3. The summed E-state index contributed by atoms with van der Waals surface area (Å²) in [5.74, 6) is -0.00141. The van der Waals surface area contributed by atoms with Crippen molar-refractivity contribution < 1.29 is 0 Å². The summed E-state index contributed by atoms with van der Waals surface area (Å²) in [7, 11) is 0. The normalized spacial score (nSPS) is 14.7. The first-order valence-corrected chi connectivity index (χ1v) is 20.6. The highest BCUT2D eigenvalue weighted by atomic mass is 15.0. The van der Waals surface area contributed by atoms with Crippen LogP contribution in [-0.2, 0) is 12.8 Å². The van der Waals surface area contributed by atoms with Gasteiger partial charge >= 0.3 is 0 Å². The third-order valence-corrected chi connectivity index (χ3v) is 12.1. The van der Waals surface area contributed by atoms with Crippen LogP contribution in [-0.4, -0.2) is 0 Å². The van der Waals surface area contributed by atoms with E-state index in [1.165, 1.54) is 83.3 Å². The molecule has 2 N–H and O–H groups in total. The Kier molecular flexibility index (Phi) is 10.2. The molecule has 9 rings (SSSR count). The minimum absolute atomic E-state index is 0.000706. The van der Waals surface area contributed by atoms with Crippen LogP contribution in [0.15, 0.2) is 188 Å². The topological polar surface area (TPSA) is 24.1 Å². The maximum Gasteiger partial charge on any atom is 0.0763 e. The molecule has 0 aromatic heterocycles. The van der Waals surface area contributed by atoms with Gasteiger partial charge in [-0.25, -0.2) is 0 Å². The second kappa shape index (κ2) is 16.0. The minimum Gasteiger partial charge on any atom is -0.375 e. The van der Waals surface area contributed by atoms with E-state index in [0.717, 1.165) is 12.8 Å². The third kappa shape index (κ3) is 6.91. The Balaban J connectivity index is 1.32. The van der Waals surface area contributed by atoms with Crippen molar-refractivity contribution in [3.05, 3.63) is 249 Å². The number of hydrogen-bond acceptors (Lipinski definition) is 2. The molecule has 2 nitrogen and oxygen atoms in total. The number of anilines is 2. The lowest BCUT2D eigenvalue weighted by Crippen LogP contribution is -2.25. The summed E-state index contributed by atoms with van der Waals surface area (Å²) in [5, 5.41) is 11.3. The molecule has 0 amide bonds. The zero-order valence-corrected chi connectivity index (χ0v) is 33.1. The third-order valence-electron chi connectivity index (χ3n) is 12.1. The molecule has 1 aliphatic carbocycles. The molecule has 0 saturated heterocycles. The number of rotatable bonds is 12. The van der Waals surface area contributed by atoms with Crippen LogP contribution < -0.4 is 10.6 Å². The highest BCUT2D eigenvalue weighted by Gasteiger charge is 2.37. The molecule has 0 fully saturated rings. The van der Waals surface area contributed by atoms with Crippen LogP contribution in [0.25, 0.3) is 10.8 Å². The predicted octanol–water partition coefficient (Wildman–Crippen LogP) is 14.0. The standard InChI is InChI=1S/C55H50N2/c1-4-38-29-18-30-39(5-2)52(38)56-54-45-33-19-31-44-32-20-34-46(51(44)45)55(54)57-53-47(49(40-21-10-6-11-22-40)41-23-12-7-13-24-41)35-37(3)36-48(53)50(42-25-14-8-15-26-42)43-27-16-9-17-28-43/h6-36,49-50,54-57H,4-5H2,1-3H3. The molecule has 8 aromatic carbocycles. The Labute approximate surface area is 338 Å². The van der Waals surface area contributed by atoms with Gasteiger partial charge in [0.15, 0.2) is 0 Å². The molecule has 0 bridgehead atoms. The van der Waals surface area contributed by atoms with E-state index in [-0.39, 0.29) is 23.9 Å². The van der Waals surface area contributed by atoms with Gasteiger partial charge < -0.3 is 10.6 Å². The lowest BCUT2D eigenvalue weighted by molar-refractivity contribution is 0.676. The van der Waals surface area contributed by atoms with Gasteiger partial charge in [0.2, 0.25) is 0 Å². The van der Waals surface area contributed by atoms with Gasteiger partial charge in [-0.05, 0) is 86.2 Å². The fourth-order valence-corrected chi connectivity index (χ4v) is 9.49. The van der Waals surface area contributed by atoms with Crippen LogP contribution in [0.5, 0.6) is 0 Å². The van der Waals surface area contributed by atoms with E-state index in [0.29, 0.717) is 0 Å². The van der Waals surface area contributed by atoms with E-state index in [1.807, 2.05) is 0 Å². The highest BCUT2D eigenvalue weighted by molar-refractivity contribution is 5.93. The molecule has 0 aliphatic heterocycles. The Morgan fingerprint density at radius 1 is 0.421 bits per heavy atom. The van der Waals surface area contributed by atoms with Crippen molar-refractivity contribution in [2.45, 2.75) is 57.5 Å². The Morgan fingerprint density at radius 2 is 0.789 bits per heavy atom. The van der Waals surface area contributed by atoms with E-state index in [2.05, 4.69) is 219 Å². The molecule has 1 aliphatic rings. The number of nitrogens with one attached hydrogen (secondary N) is 2. The fourth-order valence-electron chi connectivity index (χ4n) is 9.49. The van der Waals surface area contributed by atoms with Crippen LogP contribution >= 0.6 is 0 Å². The van der Waals surface area contributed by atoms with Gasteiger partial charge in [-0.3, -0.25) is 0 Å². The second-order valence-electron chi connectivity index (χ2n) is 15.5. The quantitative estimate of drug-likeness (QED) is 0.122. The summed E-state index contributed by atoms with van der Waals surface area (Å²) in [6, 6.07) is 69.6. The van der Waals surface area contributed by atoms with Crippen LogP contribution in [0.4, 0.5) is 11.4 Å². The lowest BCUT2D eigenvalue weighted by atomic mass is 9.78. The van der Waals surface area contributed by atoms with E-state index in [9.17, 15) is 0 Å². The van der Waals surface area contributed by atoms with Gasteiger partial charge in [0.1, 0.15) is 0 Å². The van der Waals surface area contributed by atoms with Gasteiger partial charge in [0.25, 0.3) is 0 Å². The fraction of sp³-hybridized carbons (Fsp3) is 0.164. The molecule has 2 unspecified atom stereocenters. The smallest absolute Gasteiger partial charge is 0.0763 e. The summed E-state index contributed by atoms with van der Waals surface area (Å²) >= 11 is 0. The Bertz CT molecular complexity index is 2400. The van der Waals surface area contributed by atoms with Crippen molar-refractivity contribution in [3.63, 3.8) is 0 Å². The molecule has 57 heavy (non-hydrogen) atoms. The van der Waals surface area contributed by atoms with E-state index < -0.39 is 0 Å². The van der Waals surface area contributed by atoms with Gasteiger partial charge in [-0.15, -0.1) is 0 Å². The van der Waals surface area contributed by atoms with E-state index in [4.69, 9.17) is 0 Å². The zero-order valence-electron chi connectivity index (χ0n) is 33.1. The van der Waals surface area contributed by atoms with Crippen LogP contribution in [0.3, 0.4) is 0 Å². The van der Waals surface area contributed by atoms with Gasteiger partial charge in [-0.2, -0.15) is 0 Å². The average Bonchev–Trinajstić information content (AvgIpc) is 3.56. The lowest BCUT2D eigenvalue weighted by Gasteiger charge is -2.33.